The topological polar surface area (TPSA) is 55.8 Å². The largest absolute Gasteiger partial charge is 0.497 e. The molecule has 0 radical (unpaired) electrons. The van der Waals surface area contributed by atoms with Crippen LogP contribution in [-0.4, -0.2) is 25.3 Å². The molecule has 0 aromatic heterocycles. The number of carboxylic acids is 1. The minimum atomic E-state index is -0.941. The van der Waals surface area contributed by atoms with Gasteiger partial charge in [-0.15, -0.1) is 0 Å². The molecule has 0 unspecified atom stereocenters. The average Bonchev–Trinajstić information content (AvgIpc) is 2.71. The Kier molecular flexibility index (Phi) is 9.64. The highest BCUT2D eigenvalue weighted by atomic mass is 16.5. The van der Waals surface area contributed by atoms with Crippen molar-refractivity contribution in [1.82, 2.24) is 0 Å². The smallest absolute Gasteiger partial charge is 0.335 e. The number of para-hydroxylation sites is 1. The number of carboxylic acid groups (broad SMARTS) is 1. The molecule has 0 bridgehead atoms. The van der Waals surface area contributed by atoms with Crippen molar-refractivity contribution in [3.05, 3.63) is 96.6 Å². The van der Waals surface area contributed by atoms with E-state index in [4.69, 9.17) is 14.6 Å². The highest BCUT2D eigenvalue weighted by molar-refractivity contribution is 5.87. The monoisotopic (exact) mass is 338 g/mol. The van der Waals surface area contributed by atoms with Crippen LogP contribution >= 0.6 is 0 Å². The van der Waals surface area contributed by atoms with Crippen molar-refractivity contribution in [2.24, 2.45) is 0 Å². The number of rotatable bonds is 3. The molecule has 0 fully saturated rings. The third kappa shape index (κ3) is 8.81. The minimum absolute atomic E-state index is 0.240. The van der Waals surface area contributed by atoms with Crippen LogP contribution in [0.2, 0.25) is 0 Å². The highest BCUT2D eigenvalue weighted by Crippen LogP contribution is 2.11. The summed E-state index contributed by atoms with van der Waals surface area (Å²) in [6.45, 7) is 0. The molecule has 0 atom stereocenters. The molecule has 0 spiro atoms. The Morgan fingerprint density at radius 2 is 1.12 bits per heavy atom. The van der Waals surface area contributed by atoms with Crippen LogP contribution in [0.1, 0.15) is 10.4 Å². The Hall–Kier alpha value is -3.27. The van der Waals surface area contributed by atoms with Gasteiger partial charge in [0.05, 0.1) is 19.8 Å². The first-order valence-electron chi connectivity index (χ1n) is 7.63. The first-order chi connectivity index (χ1) is 12.2. The van der Waals surface area contributed by atoms with E-state index in [0.29, 0.717) is 5.75 Å². The van der Waals surface area contributed by atoms with Gasteiger partial charge in [-0.1, -0.05) is 60.7 Å². The predicted octanol–water partition coefficient (Wildman–Crippen LogP) is 4.78. The summed E-state index contributed by atoms with van der Waals surface area (Å²) in [6, 6.07) is 28.0. The minimum Gasteiger partial charge on any atom is -0.497 e. The van der Waals surface area contributed by atoms with E-state index in [1.54, 1.807) is 19.2 Å². The van der Waals surface area contributed by atoms with Crippen LogP contribution in [0.3, 0.4) is 0 Å². The van der Waals surface area contributed by atoms with E-state index in [1.807, 2.05) is 66.7 Å². The van der Waals surface area contributed by atoms with E-state index in [1.165, 1.54) is 19.2 Å². The van der Waals surface area contributed by atoms with Crippen LogP contribution in [0.5, 0.6) is 11.5 Å². The summed E-state index contributed by atoms with van der Waals surface area (Å²) < 4.78 is 9.76. The maximum atomic E-state index is 10.4. The van der Waals surface area contributed by atoms with Gasteiger partial charge in [0.1, 0.15) is 11.5 Å². The van der Waals surface area contributed by atoms with E-state index in [-0.39, 0.29) is 5.56 Å². The second-order valence-electron chi connectivity index (χ2n) is 4.71. The molecule has 1 N–H and O–H groups in total. The van der Waals surface area contributed by atoms with E-state index in [2.05, 4.69) is 0 Å². The van der Waals surface area contributed by atoms with Gasteiger partial charge in [-0.25, -0.2) is 4.79 Å². The number of aromatic carboxylic acids is 1. The van der Waals surface area contributed by atoms with Gasteiger partial charge in [0.25, 0.3) is 0 Å². The van der Waals surface area contributed by atoms with Crippen LogP contribution in [0.4, 0.5) is 0 Å². The maximum absolute atomic E-state index is 10.4. The molecule has 4 heteroatoms. The lowest BCUT2D eigenvalue weighted by molar-refractivity contribution is 0.0696. The van der Waals surface area contributed by atoms with Crippen molar-refractivity contribution in [2.75, 3.05) is 14.2 Å². The molecule has 0 amide bonds. The third-order valence-corrected chi connectivity index (χ3v) is 2.96. The Morgan fingerprint density at radius 1 is 0.680 bits per heavy atom. The van der Waals surface area contributed by atoms with Crippen molar-refractivity contribution < 1.29 is 19.4 Å². The van der Waals surface area contributed by atoms with Crippen LogP contribution in [0, 0.1) is 0 Å². The van der Waals surface area contributed by atoms with Gasteiger partial charge in [0.2, 0.25) is 0 Å². The van der Waals surface area contributed by atoms with Crippen molar-refractivity contribution in [1.29, 1.82) is 0 Å². The lowest BCUT2D eigenvalue weighted by atomic mass is 10.2. The van der Waals surface area contributed by atoms with Crippen LogP contribution in [0.25, 0.3) is 0 Å². The Bertz CT molecular complexity index is 686. The lowest BCUT2D eigenvalue weighted by Gasteiger charge is -1.98. The fraction of sp³-hybridized carbons (Fsp3) is 0.0952. The number of hydrogen-bond acceptors (Lipinski definition) is 3. The molecule has 0 aliphatic rings. The third-order valence-electron chi connectivity index (χ3n) is 2.96. The number of benzene rings is 3. The first kappa shape index (κ1) is 19.8. The zero-order valence-electron chi connectivity index (χ0n) is 14.3. The molecular weight excluding hydrogens is 316 g/mol. The highest BCUT2D eigenvalue weighted by Gasteiger charge is 2.01. The normalized spacial score (nSPS) is 8.72. The van der Waals surface area contributed by atoms with Gasteiger partial charge in [-0.05, 0) is 30.3 Å². The van der Waals surface area contributed by atoms with Crippen molar-refractivity contribution in [3.8, 4) is 11.5 Å². The molecule has 0 heterocycles. The van der Waals surface area contributed by atoms with Gasteiger partial charge in [-0.2, -0.15) is 0 Å². The maximum Gasteiger partial charge on any atom is 0.335 e. The molecule has 4 nitrogen and oxygen atoms in total. The Morgan fingerprint density at radius 3 is 1.52 bits per heavy atom. The second-order valence-corrected chi connectivity index (χ2v) is 4.71. The lowest BCUT2D eigenvalue weighted by Crippen LogP contribution is -1.95. The van der Waals surface area contributed by atoms with Gasteiger partial charge < -0.3 is 14.6 Å². The Labute approximate surface area is 148 Å². The van der Waals surface area contributed by atoms with Gasteiger partial charge >= 0.3 is 5.97 Å². The van der Waals surface area contributed by atoms with Crippen molar-refractivity contribution in [2.45, 2.75) is 0 Å². The fourth-order valence-electron chi connectivity index (χ4n) is 1.70. The summed E-state index contributed by atoms with van der Waals surface area (Å²) in [6.07, 6.45) is 0. The van der Waals surface area contributed by atoms with E-state index in [9.17, 15) is 4.79 Å². The molecular formula is C21H22O4. The van der Waals surface area contributed by atoms with Gasteiger partial charge in [0.15, 0.2) is 0 Å². The quantitative estimate of drug-likeness (QED) is 0.747. The van der Waals surface area contributed by atoms with Crippen LogP contribution < -0.4 is 9.47 Å². The first-order valence-corrected chi connectivity index (χ1v) is 7.63. The summed E-state index contributed by atoms with van der Waals surface area (Å²) in [5.74, 6) is 0.529. The zero-order chi connectivity index (χ0) is 18.3. The van der Waals surface area contributed by atoms with E-state index in [0.717, 1.165) is 5.75 Å². The number of carbonyl (C=O) groups is 1. The number of methoxy groups -OCH3 is 2. The molecule has 25 heavy (non-hydrogen) atoms. The van der Waals surface area contributed by atoms with E-state index >= 15 is 0 Å². The van der Waals surface area contributed by atoms with Crippen LogP contribution in [-0.2, 0) is 0 Å². The van der Waals surface area contributed by atoms with E-state index < -0.39 is 5.97 Å². The molecule has 3 rings (SSSR count). The Balaban J connectivity index is 0.000000197. The summed E-state index contributed by atoms with van der Waals surface area (Å²) in [4.78, 5) is 10.4. The molecule has 0 saturated carbocycles. The summed E-state index contributed by atoms with van der Waals surface area (Å²) in [5.41, 5.74) is 0.240. The summed E-state index contributed by atoms with van der Waals surface area (Å²) >= 11 is 0. The van der Waals surface area contributed by atoms with Gasteiger partial charge in [-0.3, -0.25) is 0 Å². The number of hydrogen-bond donors (Lipinski definition) is 1. The molecule has 3 aromatic carbocycles. The second kappa shape index (κ2) is 12.2. The zero-order valence-corrected chi connectivity index (χ0v) is 14.3. The van der Waals surface area contributed by atoms with Crippen LogP contribution in [0.15, 0.2) is 91.0 Å². The molecule has 0 saturated heterocycles. The summed E-state index contributed by atoms with van der Waals surface area (Å²) in [5, 5.41) is 8.55. The summed E-state index contributed by atoms with van der Waals surface area (Å²) in [7, 11) is 3.16. The molecule has 0 aliphatic carbocycles. The standard InChI is InChI=1S/C8H8O3.C7H8O.C6H6/c1-11-7-4-2-3-6(5-7)8(9)10;1-8-7-5-3-2-4-6-7;1-2-4-6-5-3-1/h2-5H,1H3,(H,9,10);2-6H,1H3;1-6H. The molecule has 0 aliphatic heterocycles. The predicted molar refractivity (Wildman–Crippen MR) is 99.4 cm³/mol. The molecule has 130 valence electrons. The van der Waals surface area contributed by atoms with Crippen molar-refractivity contribution in [3.63, 3.8) is 0 Å². The molecule has 3 aromatic rings. The number of ether oxygens (including phenoxy) is 2. The SMILES string of the molecule is COc1cccc(C(=O)O)c1.COc1ccccc1.c1ccccc1. The van der Waals surface area contributed by atoms with Crippen molar-refractivity contribution >= 4 is 5.97 Å². The fourth-order valence-corrected chi connectivity index (χ4v) is 1.70. The average molecular weight is 338 g/mol. The van der Waals surface area contributed by atoms with Gasteiger partial charge in [0, 0.05) is 0 Å².